The Morgan fingerprint density at radius 3 is 2.65 bits per heavy atom. The molecule has 0 atom stereocenters. The lowest BCUT2D eigenvalue weighted by Gasteiger charge is -2.04. The summed E-state index contributed by atoms with van der Waals surface area (Å²) in [6.07, 6.45) is 1.49. The maximum atomic E-state index is 12.9. The molecule has 0 unspecified atom stereocenters. The van der Waals surface area contributed by atoms with Crippen molar-refractivity contribution < 1.29 is 9.18 Å². The van der Waals surface area contributed by atoms with E-state index in [9.17, 15) is 9.18 Å². The SMILES string of the molecule is O=C(Nc1ccc(F)c(Cl)c1)c1cc(Cl)c[nH]1. The van der Waals surface area contributed by atoms with Gasteiger partial charge in [-0.25, -0.2) is 4.39 Å². The molecule has 0 aliphatic carbocycles. The lowest BCUT2D eigenvalue weighted by molar-refractivity contribution is 0.102. The highest BCUT2D eigenvalue weighted by Crippen LogP contribution is 2.20. The van der Waals surface area contributed by atoms with Gasteiger partial charge in [-0.2, -0.15) is 0 Å². The Bertz CT molecular complexity index is 568. The van der Waals surface area contributed by atoms with Crippen molar-refractivity contribution >= 4 is 34.8 Å². The largest absolute Gasteiger partial charge is 0.356 e. The molecule has 0 spiro atoms. The minimum Gasteiger partial charge on any atom is -0.356 e. The molecule has 0 saturated carbocycles. The van der Waals surface area contributed by atoms with E-state index in [-0.39, 0.29) is 10.9 Å². The molecule has 0 aliphatic rings. The smallest absolute Gasteiger partial charge is 0.272 e. The van der Waals surface area contributed by atoms with Gasteiger partial charge in [0.1, 0.15) is 11.5 Å². The standard InChI is InChI=1S/C11H7Cl2FN2O/c12-6-3-10(15-5-6)11(17)16-7-1-2-9(14)8(13)4-7/h1-5,15H,(H,16,17). The van der Waals surface area contributed by atoms with Gasteiger partial charge in [0.15, 0.2) is 0 Å². The highest BCUT2D eigenvalue weighted by molar-refractivity contribution is 6.31. The first-order valence-electron chi connectivity index (χ1n) is 4.66. The van der Waals surface area contributed by atoms with E-state index in [2.05, 4.69) is 10.3 Å². The van der Waals surface area contributed by atoms with Gasteiger partial charge in [-0.3, -0.25) is 4.79 Å². The maximum Gasteiger partial charge on any atom is 0.272 e. The lowest BCUT2D eigenvalue weighted by Crippen LogP contribution is -2.12. The molecule has 1 amide bonds. The summed E-state index contributed by atoms with van der Waals surface area (Å²) in [6.45, 7) is 0. The van der Waals surface area contributed by atoms with Crippen LogP contribution < -0.4 is 5.32 Å². The van der Waals surface area contributed by atoms with Crippen LogP contribution in [0.2, 0.25) is 10.0 Å². The van der Waals surface area contributed by atoms with E-state index >= 15 is 0 Å². The van der Waals surface area contributed by atoms with Crippen LogP contribution in [0.3, 0.4) is 0 Å². The quantitative estimate of drug-likeness (QED) is 0.860. The van der Waals surface area contributed by atoms with E-state index in [1.165, 1.54) is 30.5 Å². The molecule has 17 heavy (non-hydrogen) atoms. The van der Waals surface area contributed by atoms with Gasteiger partial charge in [-0.15, -0.1) is 0 Å². The topological polar surface area (TPSA) is 44.9 Å². The fourth-order valence-electron chi connectivity index (χ4n) is 1.27. The number of benzene rings is 1. The number of aromatic amines is 1. The minimum absolute atomic E-state index is 0.0488. The molecule has 0 bridgehead atoms. The number of rotatable bonds is 2. The van der Waals surface area contributed by atoms with Crippen LogP contribution in [0.4, 0.5) is 10.1 Å². The maximum absolute atomic E-state index is 12.9. The molecule has 0 fully saturated rings. The third-order valence-electron chi connectivity index (χ3n) is 2.07. The third-order valence-corrected chi connectivity index (χ3v) is 2.58. The number of amides is 1. The van der Waals surface area contributed by atoms with Crippen molar-refractivity contribution in [2.45, 2.75) is 0 Å². The molecular weight excluding hydrogens is 266 g/mol. The summed E-state index contributed by atoms with van der Waals surface area (Å²) in [7, 11) is 0. The summed E-state index contributed by atoms with van der Waals surface area (Å²) in [4.78, 5) is 14.4. The predicted octanol–water partition coefficient (Wildman–Crippen LogP) is 3.71. The molecule has 1 aromatic carbocycles. The first-order chi connectivity index (χ1) is 8.06. The zero-order chi connectivity index (χ0) is 12.4. The van der Waals surface area contributed by atoms with Gasteiger partial charge in [0, 0.05) is 11.9 Å². The van der Waals surface area contributed by atoms with E-state index in [1.54, 1.807) is 0 Å². The van der Waals surface area contributed by atoms with E-state index in [0.29, 0.717) is 16.4 Å². The van der Waals surface area contributed by atoms with Crippen molar-refractivity contribution in [3.8, 4) is 0 Å². The summed E-state index contributed by atoms with van der Waals surface area (Å²) in [6, 6.07) is 5.42. The van der Waals surface area contributed by atoms with Crippen LogP contribution in [0.1, 0.15) is 10.5 Å². The van der Waals surface area contributed by atoms with Crippen LogP contribution >= 0.6 is 23.2 Å². The molecule has 0 aliphatic heterocycles. The Balaban J connectivity index is 2.15. The van der Waals surface area contributed by atoms with Crippen LogP contribution in [0.5, 0.6) is 0 Å². The molecular formula is C11H7Cl2FN2O. The van der Waals surface area contributed by atoms with Crippen LogP contribution in [-0.4, -0.2) is 10.9 Å². The summed E-state index contributed by atoms with van der Waals surface area (Å²) in [5.74, 6) is -0.910. The van der Waals surface area contributed by atoms with Gasteiger partial charge in [0.2, 0.25) is 0 Å². The Morgan fingerprint density at radius 2 is 2.06 bits per heavy atom. The molecule has 6 heteroatoms. The van der Waals surface area contributed by atoms with Crippen LogP contribution in [0, 0.1) is 5.82 Å². The number of carbonyl (C=O) groups is 1. The fourth-order valence-corrected chi connectivity index (χ4v) is 1.62. The number of hydrogen-bond donors (Lipinski definition) is 2. The predicted molar refractivity (Wildman–Crippen MR) is 65.2 cm³/mol. The number of halogens is 3. The molecule has 2 N–H and O–H groups in total. The van der Waals surface area contributed by atoms with Crippen molar-refractivity contribution in [3.63, 3.8) is 0 Å². The lowest BCUT2D eigenvalue weighted by atomic mass is 10.3. The van der Waals surface area contributed by atoms with Crippen molar-refractivity contribution in [2.24, 2.45) is 0 Å². The number of carbonyl (C=O) groups excluding carboxylic acids is 1. The van der Waals surface area contributed by atoms with Crippen LogP contribution in [0.15, 0.2) is 30.5 Å². The van der Waals surface area contributed by atoms with Gasteiger partial charge in [-0.05, 0) is 24.3 Å². The number of anilines is 1. The minimum atomic E-state index is -0.535. The van der Waals surface area contributed by atoms with Crippen molar-refractivity contribution in [1.29, 1.82) is 0 Å². The van der Waals surface area contributed by atoms with E-state index < -0.39 is 5.82 Å². The third kappa shape index (κ3) is 2.78. The Kier molecular flexibility index (Phi) is 3.36. The number of nitrogens with one attached hydrogen (secondary N) is 2. The first-order valence-corrected chi connectivity index (χ1v) is 5.42. The summed E-state index contributed by atoms with van der Waals surface area (Å²) >= 11 is 11.3. The highest BCUT2D eigenvalue weighted by atomic mass is 35.5. The molecule has 0 saturated heterocycles. The second kappa shape index (κ2) is 4.77. The number of hydrogen-bond acceptors (Lipinski definition) is 1. The average molecular weight is 273 g/mol. The summed E-state index contributed by atoms with van der Waals surface area (Å²) in [5.41, 5.74) is 0.725. The Labute approximate surface area is 107 Å². The second-order valence-corrected chi connectivity index (χ2v) is 4.16. The normalized spacial score (nSPS) is 10.3. The average Bonchev–Trinajstić information content (AvgIpc) is 2.70. The molecule has 1 heterocycles. The van der Waals surface area contributed by atoms with E-state index in [4.69, 9.17) is 23.2 Å². The van der Waals surface area contributed by atoms with Crippen LogP contribution in [-0.2, 0) is 0 Å². The fraction of sp³-hybridized carbons (Fsp3) is 0. The van der Waals surface area contributed by atoms with Crippen molar-refractivity contribution in [1.82, 2.24) is 4.98 Å². The zero-order valence-electron chi connectivity index (χ0n) is 8.43. The second-order valence-electron chi connectivity index (χ2n) is 3.31. The highest BCUT2D eigenvalue weighted by Gasteiger charge is 2.09. The van der Waals surface area contributed by atoms with E-state index in [1.807, 2.05) is 0 Å². The van der Waals surface area contributed by atoms with Gasteiger partial charge < -0.3 is 10.3 Å². The molecule has 88 valence electrons. The first kappa shape index (κ1) is 12.0. The van der Waals surface area contributed by atoms with Gasteiger partial charge >= 0.3 is 0 Å². The van der Waals surface area contributed by atoms with Gasteiger partial charge in [0.25, 0.3) is 5.91 Å². The zero-order valence-corrected chi connectivity index (χ0v) is 9.94. The molecule has 1 aromatic heterocycles. The van der Waals surface area contributed by atoms with Gasteiger partial charge in [-0.1, -0.05) is 23.2 Å². The molecule has 3 nitrogen and oxygen atoms in total. The number of H-pyrrole nitrogens is 1. The monoisotopic (exact) mass is 272 g/mol. The Hall–Kier alpha value is -1.52. The van der Waals surface area contributed by atoms with Gasteiger partial charge in [0.05, 0.1) is 10.0 Å². The molecule has 2 aromatic rings. The van der Waals surface area contributed by atoms with Crippen LogP contribution in [0.25, 0.3) is 0 Å². The number of aromatic nitrogens is 1. The molecule has 2 rings (SSSR count). The van der Waals surface area contributed by atoms with Crippen molar-refractivity contribution in [3.05, 3.63) is 52.0 Å². The summed E-state index contributed by atoms with van der Waals surface area (Å²) in [5, 5.41) is 2.95. The summed E-state index contributed by atoms with van der Waals surface area (Å²) < 4.78 is 12.9. The molecule has 0 radical (unpaired) electrons. The Morgan fingerprint density at radius 1 is 1.29 bits per heavy atom. The van der Waals surface area contributed by atoms with Crippen molar-refractivity contribution in [2.75, 3.05) is 5.32 Å². The van der Waals surface area contributed by atoms with E-state index in [0.717, 1.165) is 0 Å².